The summed E-state index contributed by atoms with van der Waals surface area (Å²) in [6.45, 7) is 0. The maximum atomic E-state index is 5.84. The van der Waals surface area contributed by atoms with Gasteiger partial charge < -0.3 is 4.98 Å². The second-order valence-electron chi connectivity index (χ2n) is 3.60. The molecule has 0 saturated carbocycles. The summed E-state index contributed by atoms with van der Waals surface area (Å²) < 4.78 is 0. The predicted octanol–water partition coefficient (Wildman–Crippen LogP) is 3.93. The Bertz CT molecular complexity index is 674. The van der Waals surface area contributed by atoms with Crippen LogP contribution >= 0.6 is 23.2 Å². The lowest BCUT2D eigenvalue weighted by molar-refractivity contribution is 1.30. The Morgan fingerprint density at radius 1 is 0.882 bits per heavy atom. The molecule has 0 aliphatic rings. The van der Waals surface area contributed by atoms with E-state index in [2.05, 4.69) is 15.0 Å². The first-order valence-electron chi connectivity index (χ1n) is 5.00. The molecule has 0 bridgehead atoms. The van der Waals surface area contributed by atoms with Crippen LogP contribution in [0.5, 0.6) is 0 Å². The van der Waals surface area contributed by atoms with Crippen molar-refractivity contribution in [1.82, 2.24) is 15.0 Å². The summed E-state index contributed by atoms with van der Waals surface area (Å²) >= 11 is 11.7. The van der Waals surface area contributed by atoms with Crippen LogP contribution in [0.4, 0.5) is 0 Å². The van der Waals surface area contributed by atoms with Crippen LogP contribution < -0.4 is 0 Å². The van der Waals surface area contributed by atoms with Crippen molar-refractivity contribution >= 4 is 34.4 Å². The van der Waals surface area contributed by atoms with Gasteiger partial charge in [0.05, 0.1) is 5.52 Å². The van der Waals surface area contributed by atoms with Gasteiger partial charge in [-0.25, -0.2) is 9.97 Å². The molecule has 84 valence electrons. The molecule has 3 rings (SSSR count). The first kappa shape index (κ1) is 10.6. The Balaban J connectivity index is 2.14. The van der Waals surface area contributed by atoms with Crippen LogP contribution in [-0.2, 0) is 0 Å². The van der Waals surface area contributed by atoms with Crippen LogP contribution in [-0.4, -0.2) is 15.0 Å². The van der Waals surface area contributed by atoms with Crippen LogP contribution in [0.15, 0.2) is 36.4 Å². The molecule has 0 radical (unpaired) electrons. The van der Waals surface area contributed by atoms with Crippen molar-refractivity contribution < 1.29 is 0 Å². The fraction of sp³-hybridized carbons (Fsp3) is 0. The SMILES string of the molecule is Clc1ccc(-c2nc3nc(Cl)ccc3[nH]2)cc1. The molecule has 0 atom stereocenters. The van der Waals surface area contributed by atoms with E-state index in [1.54, 1.807) is 6.07 Å². The second-order valence-corrected chi connectivity index (χ2v) is 4.42. The number of halogens is 2. The maximum Gasteiger partial charge on any atom is 0.179 e. The van der Waals surface area contributed by atoms with Crippen molar-refractivity contribution in [3.63, 3.8) is 0 Å². The Labute approximate surface area is 107 Å². The Morgan fingerprint density at radius 3 is 2.41 bits per heavy atom. The lowest BCUT2D eigenvalue weighted by Gasteiger charge is -1.95. The molecule has 0 amide bonds. The molecule has 1 N–H and O–H groups in total. The van der Waals surface area contributed by atoms with Gasteiger partial charge >= 0.3 is 0 Å². The zero-order chi connectivity index (χ0) is 11.8. The van der Waals surface area contributed by atoms with Crippen LogP contribution in [0.1, 0.15) is 0 Å². The number of nitrogens with zero attached hydrogens (tertiary/aromatic N) is 2. The number of H-pyrrole nitrogens is 1. The summed E-state index contributed by atoms with van der Waals surface area (Å²) in [6.07, 6.45) is 0. The number of imidazole rings is 1. The van der Waals surface area contributed by atoms with E-state index in [0.717, 1.165) is 16.9 Å². The lowest BCUT2D eigenvalue weighted by Crippen LogP contribution is -1.79. The minimum atomic E-state index is 0.437. The van der Waals surface area contributed by atoms with Gasteiger partial charge in [-0.1, -0.05) is 23.2 Å². The van der Waals surface area contributed by atoms with E-state index < -0.39 is 0 Å². The highest BCUT2D eigenvalue weighted by molar-refractivity contribution is 6.30. The van der Waals surface area contributed by atoms with Gasteiger partial charge in [-0.3, -0.25) is 0 Å². The number of aromatic amines is 1. The number of nitrogens with one attached hydrogen (secondary N) is 1. The van der Waals surface area contributed by atoms with Gasteiger partial charge in [0.15, 0.2) is 5.65 Å². The average molecular weight is 264 g/mol. The Hall–Kier alpha value is -1.58. The van der Waals surface area contributed by atoms with Gasteiger partial charge in [-0.2, -0.15) is 0 Å². The minimum Gasteiger partial charge on any atom is -0.337 e. The summed E-state index contributed by atoms with van der Waals surface area (Å²) in [4.78, 5) is 11.7. The van der Waals surface area contributed by atoms with Gasteiger partial charge in [0.2, 0.25) is 0 Å². The fourth-order valence-corrected chi connectivity index (χ4v) is 1.88. The molecule has 2 aromatic heterocycles. The van der Waals surface area contributed by atoms with Crippen molar-refractivity contribution in [2.45, 2.75) is 0 Å². The molecular weight excluding hydrogens is 257 g/mol. The van der Waals surface area contributed by atoms with Gasteiger partial charge in [0, 0.05) is 10.6 Å². The smallest absolute Gasteiger partial charge is 0.179 e. The summed E-state index contributed by atoms with van der Waals surface area (Å²) in [5, 5.41) is 1.14. The molecule has 0 spiro atoms. The van der Waals surface area contributed by atoms with E-state index in [9.17, 15) is 0 Å². The molecule has 0 saturated heterocycles. The van der Waals surface area contributed by atoms with E-state index in [0.29, 0.717) is 15.8 Å². The monoisotopic (exact) mass is 263 g/mol. The average Bonchev–Trinajstić information content (AvgIpc) is 2.72. The third-order valence-electron chi connectivity index (χ3n) is 2.43. The minimum absolute atomic E-state index is 0.437. The van der Waals surface area contributed by atoms with Crippen molar-refractivity contribution in [2.75, 3.05) is 0 Å². The van der Waals surface area contributed by atoms with Crippen molar-refractivity contribution in [2.24, 2.45) is 0 Å². The number of pyridine rings is 1. The van der Waals surface area contributed by atoms with Crippen molar-refractivity contribution in [3.05, 3.63) is 46.6 Å². The maximum absolute atomic E-state index is 5.84. The standard InChI is InChI=1S/C12H7Cl2N3/c13-8-3-1-7(2-4-8)11-15-9-5-6-10(14)16-12(9)17-11/h1-6H,(H,15,16,17). The van der Waals surface area contributed by atoms with Crippen molar-refractivity contribution in [3.8, 4) is 11.4 Å². The van der Waals surface area contributed by atoms with Crippen LogP contribution in [0.25, 0.3) is 22.6 Å². The number of benzene rings is 1. The normalized spacial score (nSPS) is 10.9. The van der Waals surface area contributed by atoms with E-state index in [-0.39, 0.29) is 0 Å². The largest absolute Gasteiger partial charge is 0.337 e. The van der Waals surface area contributed by atoms with E-state index >= 15 is 0 Å². The van der Waals surface area contributed by atoms with Crippen LogP contribution in [0.2, 0.25) is 10.2 Å². The molecule has 3 aromatic rings. The second kappa shape index (κ2) is 4.02. The van der Waals surface area contributed by atoms with E-state index in [1.807, 2.05) is 30.3 Å². The summed E-state index contributed by atoms with van der Waals surface area (Å²) in [6, 6.07) is 11.0. The third kappa shape index (κ3) is 1.99. The molecule has 17 heavy (non-hydrogen) atoms. The Morgan fingerprint density at radius 2 is 1.65 bits per heavy atom. The highest BCUT2D eigenvalue weighted by Gasteiger charge is 2.06. The van der Waals surface area contributed by atoms with Gasteiger partial charge in [0.25, 0.3) is 0 Å². The highest BCUT2D eigenvalue weighted by Crippen LogP contribution is 2.22. The lowest BCUT2D eigenvalue weighted by atomic mass is 10.2. The molecule has 0 aliphatic heterocycles. The zero-order valence-corrected chi connectivity index (χ0v) is 10.1. The molecular formula is C12H7Cl2N3. The summed E-state index contributed by atoms with van der Waals surface area (Å²) in [5.41, 5.74) is 2.44. The third-order valence-corrected chi connectivity index (χ3v) is 2.89. The van der Waals surface area contributed by atoms with Gasteiger partial charge in [-0.15, -0.1) is 0 Å². The van der Waals surface area contributed by atoms with Crippen LogP contribution in [0.3, 0.4) is 0 Å². The highest BCUT2D eigenvalue weighted by atomic mass is 35.5. The predicted molar refractivity (Wildman–Crippen MR) is 69.3 cm³/mol. The number of hydrogen-bond acceptors (Lipinski definition) is 2. The number of hydrogen-bond donors (Lipinski definition) is 1. The quantitative estimate of drug-likeness (QED) is 0.676. The molecule has 0 unspecified atom stereocenters. The molecule has 0 fully saturated rings. The van der Waals surface area contributed by atoms with Crippen LogP contribution in [0, 0.1) is 0 Å². The molecule has 0 aliphatic carbocycles. The van der Waals surface area contributed by atoms with Gasteiger partial charge in [0.1, 0.15) is 11.0 Å². The fourth-order valence-electron chi connectivity index (χ4n) is 1.61. The number of fused-ring (bicyclic) bond motifs is 1. The van der Waals surface area contributed by atoms with E-state index in [1.165, 1.54) is 0 Å². The topological polar surface area (TPSA) is 41.6 Å². The van der Waals surface area contributed by atoms with Gasteiger partial charge in [-0.05, 0) is 36.4 Å². The zero-order valence-electron chi connectivity index (χ0n) is 8.61. The summed E-state index contributed by atoms with van der Waals surface area (Å²) in [7, 11) is 0. The Kier molecular flexibility index (Phi) is 2.50. The first-order chi connectivity index (χ1) is 8.22. The van der Waals surface area contributed by atoms with Crippen molar-refractivity contribution in [1.29, 1.82) is 0 Å². The molecule has 5 heteroatoms. The van der Waals surface area contributed by atoms with E-state index in [4.69, 9.17) is 23.2 Å². The number of rotatable bonds is 1. The first-order valence-corrected chi connectivity index (χ1v) is 5.76. The number of aromatic nitrogens is 3. The molecule has 3 nitrogen and oxygen atoms in total. The molecule has 2 heterocycles. The molecule has 1 aromatic carbocycles. The summed E-state index contributed by atoms with van der Waals surface area (Å²) in [5.74, 6) is 0.756.